The molecule has 0 aromatic heterocycles. The lowest BCUT2D eigenvalue weighted by atomic mass is 9.74. The Labute approximate surface area is 119 Å². The van der Waals surface area contributed by atoms with E-state index < -0.39 is 0 Å². The van der Waals surface area contributed by atoms with Gasteiger partial charge in [0.2, 0.25) is 0 Å². The van der Waals surface area contributed by atoms with Gasteiger partial charge in [-0.15, -0.1) is 0 Å². The van der Waals surface area contributed by atoms with Gasteiger partial charge in [-0.2, -0.15) is 0 Å². The zero-order chi connectivity index (χ0) is 13.3. The summed E-state index contributed by atoms with van der Waals surface area (Å²) in [6.45, 7) is 10.2. The third kappa shape index (κ3) is 3.16. The number of rotatable bonds is 2. The number of hydrogen-bond donors (Lipinski definition) is 1. The molecule has 0 amide bonds. The summed E-state index contributed by atoms with van der Waals surface area (Å²) in [5, 5.41) is 3.79. The Kier molecular flexibility index (Phi) is 4.19. The Balaban J connectivity index is 1.55. The van der Waals surface area contributed by atoms with Gasteiger partial charge in [0.25, 0.3) is 0 Å². The molecule has 0 aromatic rings. The van der Waals surface area contributed by atoms with Crippen molar-refractivity contribution >= 4 is 0 Å². The van der Waals surface area contributed by atoms with Crippen LogP contribution < -0.4 is 5.32 Å². The molecule has 1 saturated carbocycles. The highest BCUT2D eigenvalue weighted by molar-refractivity contribution is 4.92. The van der Waals surface area contributed by atoms with Gasteiger partial charge in [0.05, 0.1) is 0 Å². The summed E-state index contributed by atoms with van der Waals surface area (Å²) in [6.07, 6.45) is 10.2. The van der Waals surface area contributed by atoms with Crippen molar-refractivity contribution in [2.75, 3.05) is 26.2 Å². The quantitative estimate of drug-likeness (QED) is 0.823. The minimum atomic E-state index is 0.488. The number of fused-ring (bicyclic) bond motifs is 1. The summed E-state index contributed by atoms with van der Waals surface area (Å²) in [7, 11) is 0. The van der Waals surface area contributed by atoms with Gasteiger partial charge in [-0.25, -0.2) is 0 Å². The van der Waals surface area contributed by atoms with E-state index in [1.54, 1.807) is 0 Å². The zero-order valence-corrected chi connectivity index (χ0v) is 13.0. The molecule has 2 nitrogen and oxygen atoms in total. The summed E-state index contributed by atoms with van der Waals surface area (Å²) < 4.78 is 0. The lowest BCUT2D eigenvalue weighted by molar-refractivity contribution is 0.0556. The molecule has 2 saturated heterocycles. The van der Waals surface area contributed by atoms with Crippen LogP contribution in [0.25, 0.3) is 0 Å². The fraction of sp³-hybridized carbons (Fsp3) is 1.00. The molecule has 3 rings (SSSR count). The second-order valence-corrected chi connectivity index (χ2v) is 7.95. The molecule has 0 spiro atoms. The van der Waals surface area contributed by atoms with E-state index in [2.05, 4.69) is 24.1 Å². The summed E-state index contributed by atoms with van der Waals surface area (Å²) in [4.78, 5) is 2.78. The normalized spacial score (nSPS) is 39.8. The maximum Gasteiger partial charge on any atom is 0.0246 e. The average Bonchev–Trinajstić information content (AvgIpc) is 2.41. The highest BCUT2D eigenvalue weighted by Gasteiger charge is 2.36. The van der Waals surface area contributed by atoms with Crippen LogP contribution in [-0.2, 0) is 0 Å². The van der Waals surface area contributed by atoms with Crippen molar-refractivity contribution in [2.24, 2.45) is 17.3 Å². The van der Waals surface area contributed by atoms with Crippen molar-refractivity contribution in [1.29, 1.82) is 0 Å². The SMILES string of the molecule is CC1(C)CCCNC1CN1CCC2CCCCC2C1. The van der Waals surface area contributed by atoms with Crippen molar-refractivity contribution in [2.45, 2.75) is 64.8 Å². The topological polar surface area (TPSA) is 15.3 Å². The number of hydrogen-bond acceptors (Lipinski definition) is 2. The average molecular weight is 264 g/mol. The van der Waals surface area contributed by atoms with Crippen LogP contribution in [-0.4, -0.2) is 37.1 Å². The minimum Gasteiger partial charge on any atom is -0.312 e. The second-order valence-electron chi connectivity index (χ2n) is 7.95. The van der Waals surface area contributed by atoms with Gasteiger partial charge in [-0.3, -0.25) is 0 Å². The fourth-order valence-corrected chi connectivity index (χ4v) is 4.68. The highest BCUT2D eigenvalue weighted by Crippen LogP contribution is 2.37. The number of nitrogens with zero attached hydrogens (tertiary/aromatic N) is 1. The van der Waals surface area contributed by atoms with Crippen LogP contribution in [0.3, 0.4) is 0 Å². The fourth-order valence-electron chi connectivity index (χ4n) is 4.68. The largest absolute Gasteiger partial charge is 0.312 e. The first-order valence-electron chi connectivity index (χ1n) is 8.61. The third-order valence-electron chi connectivity index (χ3n) is 6.15. The molecule has 2 heteroatoms. The maximum atomic E-state index is 3.79. The molecule has 0 radical (unpaired) electrons. The lowest BCUT2D eigenvalue weighted by Crippen LogP contribution is -2.55. The van der Waals surface area contributed by atoms with Crippen molar-refractivity contribution in [1.82, 2.24) is 10.2 Å². The van der Waals surface area contributed by atoms with Crippen molar-refractivity contribution in [3.05, 3.63) is 0 Å². The van der Waals surface area contributed by atoms with Gasteiger partial charge in [0.15, 0.2) is 0 Å². The smallest absolute Gasteiger partial charge is 0.0246 e. The van der Waals surface area contributed by atoms with Crippen LogP contribution in [0.4, 0.5) is 0 Å². The minimum absolute atomic E-state index is 0.488. The monoisotopic (exact) mass is 264 g/mol. The molecule has 3 aliphatic rings. The van der Waals surface area contributed by atoms with Gasteiger partial charge < -0.3 is 10.2 Å². The van der Waals surface area contributed by atoms with Crippen LogP contribution in [0.5, 0.6) is 0 Å². The Hall–Kier alpha value is -0.0800. The van der Waals surface area contributed by atoms with E-state index in [1.807, 2.05) is 0 Å². The Morgan fingerprint density at radius 1 is 1.05 bits per heavy atom. The molecule has 2 heterocycles. The molecule has 3 unspecified atom stereocenters. The molecule has 1 aliphatic carbocycles. The van der Waals surface area contributed by atoms with E-state index in [4.69, 9.17) is 0 Å². The highest BCUT2D eigenvalue weighted by atomic mass is 15.2. The molecule has 1 N–H and O–H groups in total. The van der Waals surface area contributed by atoms with Crippen LogP contribution in [0.2, 0.25) is 0 Å². The zero-order valence-electron chi connectivity index (χ0n) is 13.0. The molecule has 19 heavy (non-hydrogen) atoms. The Morgan fingerprint density at radius 3 is 2.63 bits per heavy atom. The molecule has 110 valence electrons. The van der Waals surface area contributed by atoms with Crippen LogP contribution in [0.15, 0.2) is 0 Å². The summed E-state index contributed by atoms with van der Waals surface area (Å²) in [5.74, 6) is 2.09. The van der Waals surface area contributed by atoms with Gasteiger partial charge in [-0.1, -0.05) is 33.1 Å². The molecule has 0 aromatic carbocycles. The summed E-state index contributed by atoms with van der Waals surface area (Å²) in [6, 6.07) is 0.710. The Bertz CT molecular complexity index is 300. The summed E-state index contributed by atoms with van der Waals surface area (Å²) >= 11 is 0. The van der Waals surface area contributed by atoms with E-state index in [1.165, 1.54) is 71.1 Å². The lowest BCUT2D eigenvalue weighted by Gasteiger charge is -2.46. The van der Waals surface area contributed by atoms with Crippen LogP contribution in [0.1, 0.15) is 58.8 Å². The van der Waals surface area contributed by atoms with Crippen LogP contribution >= 0.6 is 0 Å². The van der Waals surface area contributed by atoms with Gasteiger partial charge >= 0.3 is 0 Å². The molecular formula is C17H32N2. The number of piperidine rings is 2. The van der Waals surface area contributed by atoms with Gasteiger partial charge in [0.1, 0.15) is 0 Å². The molecule has 0 bridgehead atoms. The first-order valence-corrected chi connectivity index (χ1v) is 8.61. The summed E-state index contributed by atoms with van der Waals surface area (Å²) in [5.41, 5.74) is 0.488. The molecule has 2 aliphatic heterocycles. The van der Waals surface area contributed by atoms with Crippen molar-refractivity contribution in [3.63, 3.8) is 0 Å². The Morgan fingerprint density at radius 2 is 1.84 bits per heavy atom. The predicted octanol–water partition coefficient (Wildman–Crippen LogP) is 3.28. The van der Waals surface area contributed by atoms with Crippen LogP contribution in [0, 0.1) is 17.3 Å². The first kappa shape index (κ1) is 13.9. The first-order chi connectivity index (χ1) is 9.15. The van der Waals surface area contributed by atoms with E-state index >= 15 is 0 Å². The molecule has 3 atom stereocenters. The van der Waals surface area contributed by atoms with Crippen molar-refractivity contribution < 1.29 is 0 Å². The standard InChI is InChI=1S/C17H32N2/c1-17(2)9-5-10-18-16(17)13-19-11-8-14-6-3-4-7-15(14)12-19/h14-16,18H,3-13H2,1-2H3. The van der Waals surface area contributed by atoms with E-state index in [0.717, 1.165) is 11.8 Å². The van der Waals surface area contributed by atoms with Gasteiger partial charge in [-0.05, 0) is 56.0 Å². The van der Waals surface area contributed by atoms with E-state index in [9.17, 15) is 0 Å². The molecule has 3 fully saturated rings. The van der Waals surface area contributed by atoms with E-state index in [-0.39, 0.29) is 0 Å². The number of likely N-dealkylation sites (tertiary alicyclic amines) is 1. The number of nitrogens with one attached hydrogen (secondary N) is 1. The maximum absolute atomic E-state index is 3.79. The third-order valence-corrected chi connectivity index (χ3v) is 6.15. The predicted molar refractivity (Wildman–Crippen MR) is 81.3 cm³/mol. The van der Waals surface area contributed by atoms with E-state index in [0.29, 0.717) is 11.5 Å². The second kappa shape index (κ2) is 5.73. The van der Waals surface area contributed by atoms with Crippen molar-refractivity contribution in [3.8, 4) is 0 Å². The molecular weight excluding hydrogens is 232 g/mol. The van der Waals surface area contributed by atoms with Gasteiger partial charge in [0, 0.05) is 19.1 Å².